The maximum absolute atomic E-state index is 13.5. The van der Waals surface area contributed by atoms with Crippen molar-refractivity contribution in [2.45, 2.75) is 39.0 Å². The van der Waals surface area contributed by atoms with Gasteiger partial charge in [-0.25, -0.2) is 0 Å². The zero-order valence-electron chi connectivity index (χ0n) is 18.5. The number of benzene rings is 3. The lowest BCUT2D eigenvalue weighted by Gasteiger charge is -2.18. The molecule has 4 aromatic rings. The van der Waals surface area contributed by atoms with E-state index in [0.29, 0.717) is 17.5 Å². The smallest absolute Gasteiger partial charge is 0.394 e. The fourth-order valence-electron chi connectivity index (χ4n) is 4.12. The van der Waals surface area contributed by atoms with Gasteiger partial charge in [-0.3, -0.25) is 5.41 Å². The molecule has 0 aliphatic carbocycles. The molecule has 0 radical (unpaired) electrons. The number of rotatable bonds is 6. The Labute approximate surface area is 190 Å². The van der Waals surface area contributed by atoms with E-state index in [2.05, 4.69) is 0 Å². The lowest BCUT2D eigenvalue weighted by atomic mass is 10.0. The Morgan fingerprint density at radius 3 is 1.97 bits per heavy atom. The Kier molecular flexibility index (Phi) is 6.17. The first-order valence-electron chi connectivity index (χ1n) is 10.8. The number of aliphatic hydroxyl groups is 1. The molecule has 3 aromatic carbocycles. The largest absolute Gasteiger partial charge is 0.416 e. The average Bonchev–Trinajstić information content (AvgIpc) is 3.05. The van der Waals surface area contributed by atoms with Crippen LogP contribution in [0.4, 0.5) is 13.2 Å². The summed E-state index contributed by atoms with van der Waals surface area (Å²) < 4.78 is 43.6. The van der Waals surface area contributed by atoms with E-state index in [4.69, 9.17) is 5.41 Å². The lowest BCUT2D eigenvalue weighted by Crippen LogP contribution is -2.30. The van der Waals surface area contributed by atoms with Crippen LogP contribution in [0.3, 0.4) is 0 Å². The van der Waals surface area contributed by atoms with Crippen molar-refractivity contribution in [3.63, 3.8) is 0 Å². The van der Waals surface area contributed by atoms with E-state index in [0.717, 1.165) is 34.4 Å². The van der Waals surface area contributed by atoms with Crippen LogP contribution in [0, 0.1) is 19.3 Å². The third kappa shape index (κ3) is 4.73. The number of hydrogen-bond acceptors (Lipinski definition) is 2. The number of nitrogens with one attached hydrogen (secondary N) is 1. The maximum atomic E-state index is 13.5. The number of hydrogen-bond donors (Lipinski definition) is 2. The Morgan fingerprint density at radius 1 is 0.848 bits per heavy atom. The van der Waals surface area contributed by atoms with Gasteiger partial charge in [0.1, 0.15) is 0 Å². The monoisotopic (exact) mass is 453 g/mol. The van der Waals surface area contributed by atoms with Crippen LogP contribution >= 0.6 is 0 Å². The normalized spacial score (nSPS) is 12.9. The number of halogens is 3. The van der Waals surface area contributed by atoms with Crippen molar-refractivity contribution < 1.29 is 18.3 Å². The quantitative estimate of drug-likeness (QED) is 0.405. The second-order valence-corrected chi connectivity index (χ2v) is 8.49. The highest BCUT2D eigenvalue weighted by Crippen LogP contribution is 2.32. The van der Waals surface area contributed by atoms with E-state index < -0.39 is 17.8 Å². The maximum Gasteiger partial charge on any atom is 0.416 e. The van der Waals surface area contributed by atoms with Crippen LogP contribution in [0.1, 0.15) is 33.9 Å². The van der Waals surface area contributed by atoms with Crippen LogP contribution in [-0.2, 0) is 19.1 Å². The summed E-state index contributed by atoms with van der Waals surface area (Å²) in [6, 6.07) is 18.6. The van der Waals surface area contributed by atoms with Crippen LogP contribution in [0.5, 0.6) is 0 Å². The van der Waals surface area contributed by atoms with Gasteiger partial charge in [-0.05, 0) is 49.6 Å². The second-order valence-electron chi connectivity index (χ2n) is 8.49. The van der Waals surface area contributed by atoms with Gasteiger partial charge < -0.3 is 14.2 Å². The van der Waals surface area contributed by atoms with Crippen molar-refractivity contribution in [2.24, 2.45) is 0 Å². The van der Waals surface area contributed by atoms with Crippen LogP contribution in [0.15, 0.2) is 66.7 Å². The van der Waals surface area contributed by atoms with Gasteiger partial charge in [0.05, 0.1) is 35.8 Å². The molecule has 1 aromatic heterocycles. The van der Waals surface area contributed by atoms with Crippen molar-refractivity contribution in [2.75, 3.05) is 6.61 Å². The van der Waals surface area contributed by atoms with Gasteiger partial charge in [-0.1, -0.05) is 59.7 Å². The summed E-state index contributed by atoms with van der Waals surface area (Å²) in [6.45, 7) is 3.97. The molecule has 4 rings (SSSR count). The summed E-state index contributed by atoms with van der Waals surface area (Å²) in [5.41, 5.74) is 4.16. The van der Waals surface area contributed by atoms with Gasteiger partial charge >= 0.3 is 6.18 Å². The molecule has 33 heavy (non-hydrogen) atoms. The molecule has 4 nitrogen and oxygen atoms in total. The molecule has 2 N–H and O–H groups in total. The summed E-state index contributed by atoms with van der Waals surface area (Å²) in [5, 5.41) is 19.1. The van der Waals surface area contributed by atoms with Gasteiger partial charge in [0, 0.05) is 0 Å². The van der Waals surface area contributed by atoms with Gasteiger partial charge in [-0.15, -0.1) is 0 Å². The minimum absolute atomic E-state index is 0.0519. The molecular weight excluding hydrogens is 427 g/mol. The lowest BCUT2D eigenvalue weighted by molar-refractivity contribution is -0.137. The first-order valence-corrected chi connectivity index (χ1v) is 10.8. The number of aliphatic hydroxyl groups excluding tert-OH is 1. The van der Waals surface area contributed by atoms with Crippen molar-refractivity contribution in [3.05, 3.63) is 100 Å². The zero-order valence-corrected chi connectivity index (χ0v) is 18.5. The predicted octanol–water partition coefficient (Wildman–Crippen LogP) is 5.38. The van der Waals surface area contributed by atoms with E-state index in [1.54, 1.807) is 9.13 Å². The highest BCUT2D eigenvalue weighted by Gasteiger charge is 2.31. The molecule has 7 heteroatoms. The van der Waals surface area contributed by atoms with Crippen molar-refractivity contribution >= 4 is 11.0 Å². The second kappa shape index (κ2) is 8.90. The first kappa shape index (κ1) is 22.9. The molecule has 0 saturated carbocycles. The Morgan fingerprint density at radius 2 is 1.42 bits per heavy atom. The first-order chi connectivity index (χ1) is 15.7. The number of fused-ring (bicyclic) bond motifs is 1. The van der Waals surface area contributed by atoms with E-state index >= 15 is 0 Å². The molecule has 0 amide bonds. The molecule has 172 valence electrons. The van der Waals surface area contributed by atoms with E-state index in [1.807, 2.05) is 62.4 Å². The van der Waals surface area contributed by atoms with Crippen molar-refractivity contribution in [1.82, 2.24) is 9.13 Å². The summed E-state index contributed by atoms with van der Waals surface area (Å²) in [6.07, 6.45) is -4.03. The van der Waals surface area contributed by atoms with Gasteiger partial charge in [-0.2, -0.15) is 13.2 Å². The van der Waals surface area contributed by atoms with Gasteiger partial charge in [0.15, 0.2) is 0 Å². The predicted molar refractivity (Wildman–Crippen MR) is 122 cm³/mol. The summed E-state index contributed by atoms with van der Waals surface area (Å²) >= 11 is 0. The molecule has 0 bridgehead atoms. The molecular formula is C26H26F3N3O. The minimum Gasteiger partial charge on any atom is -0.394 e. The SMILES string of the molecule is Cc1ccc(CC(CO)n2c(=N)n(Cc3ccc(C)cc3)c3cc(C(F)(F)F)ccc32)cc1. The highest BCUT2D eigenvalue weighted by molar-refractivity contribution is 5.77. The number of aryl methyl sites for hydroxylation is 2. The Hall–Kier alpha value is -3.32. The standard InChI is InChI=1S/C26H26F3N3O/c1-17-3-7-19(8-4-17)13-22(16-33)32-23-12-11-21(26(27,28)29)14-24(23)31(25(32)30)15-20-9-5-18(2)6-10-20/h3-12,14,22,30,33H,13,15-16H2,1-2H3. The van der Waals surface area contributed by atoms with E-state index in [-0.39, 0.29) is 18.8 Å². The minimum atomic E-state index is -4.49. The zero-order chi connectivity index (χ0) is 23.8. The van der Waals surface area contributed by atoms with Crippen LogP contribution in [-0.4, -0.2) is 20.8 Å². The topological polar surface area (TPSA) is 53.9 Å². The van der Waals surface area contributed by atoms with Crippen LogP contribution in [0.2, 0.25) is 0 Å². The summed E-state index contributed by atoms with van der Waals surface area (Å²) in [7, 11) is 0. The number of alkyl halides is 3. The number of nitrogens with zero attached hydrogens (tertiary/aromatic N) is 2. The van der Waals surface area contributed by atoms with E-state index in [1.165, 1.54) is 6.07 Å². The number of imidazole rings is 1. The van der Waals surface area contributed by atoms with Crippen LogP contribution < -0.4 is 5.62 Å². The highest BCUT2D eigenvalue weighted by atomic mass is 19.4. The molecule has 1 unspecified atom stereocenters. The molecule has 0 aliphatic rings. The number of aromatic nitrogens is 2. The Balaban J connectivity index is 1.86. The summed E-state index contributed by atoms with van der Waals surface area (Å²) in [5.74, 6) is 0. The van der Waals surface area contributed by atoms with E-state index in [9.17, 15) is 18.3 Å². The fourth-order valence-corrected chi connectivity index (χ4v) is 4.12. The van der Waals surface area contributed by atoms with Crippen molar-refractivity contribution in [1.29, 1.82) is 5.41 Å². The van der Waals surface area contributed by atoms with Gasteiger partial charge in [0.25, 0.3) is 0 Å². The van der Waals surface area contributed by atoms with Crippen molar-refractivity contribution in [3.8, 4) is 0 Å². The molecule has 1 heterocycles. The van der Waals surface area contributed by atoms with Crippen LogP contribution in [0.25, 0.3) is 11.0 Å². The fraction of sp³-hybridized carbons (Fsp3) is 0.269. The third-order valence-electron chi connectivity index (χ3n) is 5.97. The molecule has 1 atom stereocenters. The average molecular weight is 454 g/mol. The molecule has 0 aliphatic heterocycles. The Bertz CT molecular complexity index is 1320. The van der Waals surface area contributed by atoms with Gasteiger partial charge in [0.2, 0.25) is 5.62 Å². The summed E-state index contributed by atoms with van der Waals surface area (Å²) in [4.78, 5) is 0. The molecule has 0 fully saturated rings. The molecule has 0 saturated heterocycles. The third-order valence-corrected chi connectivity index (χ3v) is 5.97. The molecule has 0 spiro atoms.